The molecule has 0 N–H and O–H groups in total. The van der Waals surface area contributed by atoms with Crippen LogP contribution in [0, 0.1) is 5.92 Å². The molecule has 0 saturated carbocycles. The molecular weight excluding hydrogens is 330 g/mol. The van der Waals surface area contributed by atoms with Crippen LogP contribution in [-0.4, -0.2) is 55.8 Å². The van der Waals surface area contributed by atoms with Crippen molar-refractivity contribution >= 4 is 21.9 Å². The van der Waals surface area contributed by atoms with E-state index in [1.54, 1.807) is 15.4 Å². The number of pyridine rings is 1. The van der Waals surface area contributed by atoms with Crippen molar-refractivity contribution in [1.82, 2.24) is 9.29 Å². The predicted molar refractivity (Wildman–Crippen MR) is 90.4 cm³/mol. The summed E-state index contributed by atoms with van der Waals surface area (Å²) in [6, 6.07) is 3.84. The Kier molecular flexibility index (Phi) is 4.78. The second kappa shape index (κ2) is 6.68. The van der Waals surface area contributed by atoms with Crippen molar-refractivity contribution in [3.8, 4) is 0 Å². The Bertz CT molecular complexity index is 697. The van der Waals surface area contributed by atoms with Gasteiger partial charge in [0.25, 0.3) is 0 Å². The fourth-order valence-corrected chi connectivity index (χ4v) is 4.14. The number of rotatable bonds is 4. The number of amides is 1. The van der Waals surface area contributed by atoms with Crippen LogP contribution >= 0.6 is 0 Å². The molecule has 0 bridgehead atoms. The van der Waals surface area contributed by atoms with Gasteiger partial charge < -0.3 is 4.74 Å². The number of cyclic esters (lactones) is 1. The van der Waals surface area contributed by atoms with Gasteiger partial charge in [0.1, 0.15) is 11.9 Å². The van der Waals surface area contributed by atoms with Gasteiger partial charge in [-0.1, -0.05) is 6.07 Å². The summed E-state index contributed by atoms with van der Waals surface area (Å²) >= 11 is 0. The lowest BCUT2D eigenvalue weighted by Crippen LogP contribution is -2.38. The largest absolute Gasteiger partial charge is 0.444 e. The van der Waals surface area contributed by atoms with Crippen LogP contribution in [-0.2, 0) is 21.2 Å². The molecule has 1 atom stereocenters. The van der Waals surface area contributed by atoms with Crippen molar-refractivity contribution in [2.24, 2.45) is 5.92 Å². The van der Waals surface area contributed by atoms with E-state index in [1.807, 2.05) is 19.1 Å². The van der Waals surface area contributed by atoms with Gasteiger partial charge in [-0.3, -0.25) is 4.90 Å². The number of hydrogen-bond donors (Lipinski definition) is 0. The third-order valence-electron chi connectivity index (χ3n) is 4.61. The topological polar surface area (TPSA) is 79.8 Å². The lowest BCUT2D eigenvalue weighted by atomic mass is 9.91. The van der Waals surface area contributed by atoms with Crippen molar-refractivity contribution in [3.63, 3.8) is 0 Å². The molecule has 8 heteroatoms. The quantitative estimate of drug-likeness (QED) is 0.822. The SMILES string of the molecule is CC1CN(c2ccc(CC3CCN(S(C)(=O)=O)CC3)cn2)C(=O)O1. The molecule has 1 aromatic heterocycles. The number of ether oxygens (including phenoxy) is 1. The molecule has 2 aliphatic rings. The van der Waals surface area contributed by atoms with E-state index in [0.29, 0.717) is 31.4 Å². The molecular formula is C16H23N3O4S. The summed E-state index contributed by atoms with van der Waals surface area (Å²) in [6.07, 6.45) is 5.21. The zero-order valence-corrected chi connectivity index (χ0v) is 14.8. The molecule has 1 amide bonds. The Morgan fingerprint density at radius 1 is 1.29 bits per heavy atom. The van der Waals surface area contributed by atoms with Crippen LogP contribution in [0.3, 0.4) is 0 Å². The van der Waals surface area contributed by atoms with Gasteiger partial charge in [-0.05, 0) is 43.7 Å². The van der Waals surface area contributed by atoms with Gasteiger partial charge in [0.2, 0.25) is 10.0 Å². The monoisotopic (exact) mass is 353 g/mol. The summed E-state index contributed by atoms with van der Waals surface area (Å²) in [5, 5.41) is 0. The average Bonchev–Trinajstić information content (AvgIpc) is 2.86. The fourth-order valence-electron chi connectivity index (χ4n) is 3.27. The Labute approximate surface area is 142 Å². The van der Waals surface area contributed by atoms with E-state index in [4.69, 9.17) is 4.74 Å². The van der Waals surface area contributed by atoms with Crippen molar-refractivity contribution in [1.29, 1.82) is 0 Å². The molecule has 7 nitrogen and oxygen atoms in total. The highest BCUT2D eigenvalue weighted by Crippen LogP contribution is 2.24. The summed E-state index contributed by atoms with van der Waals surface area (Å²) < 4.78 is 29.7. The summed E-state index contributed by atoms with van der Waals surface area (Å²) in [5.41, 5.74) is 1.11. The summed E-state index contributed by atoms with van der Waals surface area (Å²) in [4.78, 5) is 17.6. The Hall–Kier alpha value is -1.67. The number of piperidine rings is 1. The lowest BCUT2D eigenvalue weighted by Gasteiger charge is -2.30. The molecule has 132 valence electrons. The first-order valence-electron chi connectivity index (χ1n) is 8.21. The Morgan fingerprint density at radius 3 is 2.50 bits per heavy atom. The number of aromatic nitrogens is 1. The van der Waals surface area contributed by atoms with Crippen molar-refractivity contribution in [2.45, 2.75) is 32.3 Å². The van der Waals surface area contributed by atoms with Gasteiger partial charge in [0.15, 0.2) is 0 Å². The molecule has 1 aromatic rings. The van der Waals surface area contributed by atoms with Crippen LogP contribution in [0.1, 0.15) is 25.3 Å². The van der Waals surface area contributed by atoms with Gasteiger partial charge in [-0.15, -0.1) is 0 Å². The molecule has 2 fully saturated rings. The third kappa shape index (κ3) is 3.87. The lowest BCUT2D eigenvalue weighted by molar-refractivity contribution is 0.150. The van der Waals surface area contributed by atoms with Crippen LogP contribution in [0.2, 0.25) is 0 Å². The third-order valence-corrected chi connectivity index (χ3v) is 5.92. The first-order chi connectivity index (χ1) is 11.3. The molecule has 3 rings (SSSR count). The first kappa shape index (κ1) is 17.2. The minimum atomic E-state index is -3.08. The van der Waals surface area contributed by atoms with Crippen molar-refractivity contribution in [2.75, 3.05) is 30.8 Å². The highest BCUT2D eigenvalue weighted by Gasteiger charge is 2.30. The van der Waals surface area contributed by atoms with Crippen molar-refractivity contribution < 1.29 is 17.9 Å². The van der Waals surface area contributed by atoms with E-state index < -0.39 is 10.0 Å². The summed E-state index contributed by atoms with van der Waals surface area (Å²) in [6.45, 7) is 3.56. The molecule has 2 saturated heterocycles. The van der Waals surface area contributed by atoms with Crippen LogP contribution in [0.15, 0.2) is 18.3 Å². The minimum absolute atomic E-state index is 0.112. The van der Waals surface area contributed by atoms with E-state index >= 15 is 0 Å². The smallest absolute Gasteiger partial charge is 0.415 e. The Morgan fingerprint density at radius 2 is 2.00 bits per heavy atom. The predicted octanol–water partition coefficient (Wildman–Crippen LogP) is 1.64. The fraction of sp³-hybridized carbons (Fsp3) is 0.625. The number of sulfonamides is 1. The van der Waals surface area contributed by atoms with Crippen molar-refractivity contribution in [3.05, 3.63) is 23.9 Å². The molecule has 0 aliphatic carbocycles. The van der Waals surface area contributed by atoms with E-state index in [1.165, 1.54) is 6.26 Å². The number of anilines is 1. The second-order valence-electron chi connectivity index (χ2n) is 6.64. The van der Waals surface area contributed by atoms with E-state index in [9.17, 15) is 13.2 Å². The number of hydrogen-bond acceptors (Lipinski definition) is 5. The van der Waals surface area contributed by atoms with Gasteiger partial charge in [0, 0.05) is 19.3 Å². The van der Waals surface area contributed by atoms with Gasteiger partial charge >= 0.3 is 6.09 Å². The zero-order chi connectivity index (χ0) is 17.3. The number of nitrogens with zero attached hydrogens (tertiary/aromatic N) is 3. The van der Waals surface area contributed by atoms with Crippen LogP contribution in [0.5, 0.6) is 0 Å². The molecule has 1 unspecified atom stereocenters. The molecule has 0 spiro atoms. The molecule has 24 heavy (non-hydrogen) atoms. The van der Waals surface area contributed by atoms with Gasteiger partial charge in [-0.2, -0.15) is 0 Å². The maximum absolute atomic E-state index is 11.7. The minimum Gasteiger partial charge on any atom is -0.444 e. The van der Waals surface area contributed by atoms with E-state index in [2.05, 4.69) is 4.98 Å². The van der Waals surface area contributed by atoms with Gasteiger partial charge in [-0.25, -0.2) is 22.5 Å². The molecule has 0 radical (unpaired) electrons. The summed E-state index contributed by atoms with van der Waals surface area (Å²) in [5.74, 6) is 1.08. The van der Waals surface area contributed by atoms with Gasteiger partial charge in [0.05, 0.1) is 12.8 Å². The van der Waals surface area contributed by atoms with Crippen LogP contribution in [0.25, 0.3) is 0 Å². The standard InChI is InChI=1S/C16H23N3O4S/c1-12-11-19(16(20)23-12)15-4-3-14(10-17-15)9-13-5-7-18(8-6-13)24(2,21)22/h3-4,10,12-13H,5-9,11H2,1-2H3. The summed E-state index contributed by atoms with van der Waals surface area (Å²) in [7, 11) is -3.08. The average molecular weight is 353 g/mol. The highest BCUT2D eigenvalue weighted by molar-refractivity contribution is 7.88. The number of carbonyl (C=O) groups is 1. The first-order valence-corrected chi connectivity index (χ1v) is 10.1. The highest BCUT2D eigenvalue weighted by atomic mass is 32.2. The number of carbonyl (C=O) groups excluding carboxylic acids is 1. The maximum atomic E-state index is 11.7. The normalized spacial score (nSPS) is 23.5. The molecule has 3 heterocycles. The van der Waals surface area contributed by atoms with Crippen LogP contribution < -0.4 is 4.90 Å². The van der Waals surface area contributed by atoms with Crippen LogP contribution in [0.4, 0.5) is 10.6 Å². The second-order valence-corrected chi connectivity index (χ2v) is 8.62. The van der Waals surface area contributed by atoms with E-state index in [0.717, 1.165) is 24.8 Å². The Balaban J connectivity index is 1.57. The molecule has 0 aromatic carbocycles. The van der Waals surface area contributed by atoms with E-state index in [-0.39, 0.29) is 12.2 Å². The molecule has 2 aliphatic heterocycles. The zero-order valence-electron chi connectivity index (χ0n) is 14.0. The maximum Gasteiger partial charge on any atom is 0.415 e.